The normalized spacial score (nSPS) is 12.3. The maximum atomic E-state index is 12.5. The summed E-state index contributed by atoms with van der Waals surface area (Å²) in [4.78, 5) is 3.88. The van der Waals surface area contributed by atoms with Gasteiger partial charge < -0.3 is 15.8 Å². The highest BCUT2D eigenvalue weighted by atomic mass is 127. The number of hydrogen-bond acceptors (Lipinski definition) is 2. The average Bonchev–Trinajstić information content (AvgIpc) is 2.53. The summed E-state index contributed by atoms with van der Waals surface area (Å²) in [6.45, 7) is -0.0563. The van der Waals surface area contributed by atoms with Crippen molar-refractivity contribution in [2.75, 3.05) is 5.32 Å². The minimum absolute atomic E-state index is 0. The van der Waals surface area contributed by atoms with Crippen LogP contribution in [0.25, 0.3) is 0 Å². The summed E-state index contributed by atoms with van der Waals surface area (Å²) in [6.07, 6.45) is -9.31. The molecule has 0 heterocycles. The van der Waals surface area contributed by atoms with Gasteiger partial charge in [0.25, 0.3) is 0 Å². The molecule has 2 rings (SSSR count). The molecule has 0 bridgehead atoms. The summed E-state index contributed by atoms with van der Waals surface area (Å²) in [7, 11) is 0. The molecule has 3 N–H and O–H groups in total. The van der Waals surface area contributed by atoms with E-state index in [0.717, 1.165) is 18.2 Å². The van der Waals surface area contributed by atoms with E-state index in [1.165, 1.54) is 30.3 Å². The van der Waals surface area contributed by atoms with Gasteiger partial charge in [0.15, 0.2) is 11.7 Å². The number of halogens is 7. The Morgan fingerprint density at radius 3 is 2.11 bits per heavy atom. The van der Waals surface area contributed by atoms with E-state index in [2.05, 4.69) is 15.0 Å². The van der Waals surface area contributed by atoms with E-state index in [1.54, 1.807) is 0 Å². The first-order chi connectivity index (χ1) is 12.0. The second-order valence-corrected chi connectivity index (χ2v) is 5.07. The molecule has 0 aliphatic rings. The van der Waals surface area contributed by atoms with Gasteiger partial charge in [-0.1, -0.05) is 24.3 Å². The Morgan fingerprint density at radius 1 is 0.963 bits per heavy atom. The van der Waals surface area contributed by atoms with Crippen molar-refractivity contribution in [1.82, 2.24) is 0 Å². The molecule has 0 radical (unpaired) electrons. The van der Waals surface area contributed by atoms with Gasteiger partial charge in [-0.2, -0.15) is 13.2 Å². The molecular formula is C16H14F6IN3O. The number of para-hydroxylation sites is 2. The van der Waals surface area contributed by atoms with Crippen LogP contribution in [-0.2, 0) is 12.7 Å². The third kappa shape index (κ3) is 7.53. The first-order valence-electron chi connectivity index (χ1n) is 7.12. The molecule has 11 heteroatoms. The molecule has 0 aliphatic carbocycles. The maximum Gasteiger partial charge on any atom is 0.573 e. The third-order valence-corrected chi connectivity index (χ3v) is 3.09. The van der Waals surface area contributed by atoms with Crippen molar-refractivity contribution in [2.24, 2.45) is 10.7 Å². The van der Waals surface area contributed by atoms with Crippen molar-refractivity contribution in [2.45, 2.75) is 19.1 Å². The van der Waals surface area contributed by atoms with Crippen LogP contribution in [0.2, 0.25) is 0 Å². The lowest BCUT2D eigenvalue weighted by Crippen LogP contribution is -2.24. The van der Waals surface area contributed by atoms with E-state index < -0.39 is 23.9 Å². The quantitative estimate of drug-likeness (QED) is 0.262. The van der Waals surface area contributed by atoms with Crippen molar-refractivity contribution in [3.05, 3.63) is 59.7 Å². The molecule has 2 aromatic rings. The largest absolute Gasteiger partial charge is 0.573 e. The Morgan fingerprint density at radius 2 is 1.56 bits per heavy atom. The van der Waals surface area contributed by atoms with Crippen LogP contribution in [0.4, 0.5) is 32.0 Å². The number of alkyl halides is 6. The second kappa shape index (κ2) is 9.15. The Bertz CT molecular complexity index is 775. The predicted octanol–water partition coefficient (Wildman–Crippen LogP) is 5.15. The lowest BCUT2D eigenvalue weighted by Gasteiger charge is -2.14. The van der Waals surface area contributed by atoms with Gasteiger partial charge in [0, 0.05) is 0 Å². The summed E-state index contributed by atoms with van der Waals surface area (Å²) in [5.41, 5.74) is 5.20. The standard InChI is InChI=1S/C16H13F6N3O.HI/c17-15(18,19)11-7-5-10(6-8-11)9-24-14(23)25-12-3-1-2-4-13(12)26-16(20,21)22;/h1-8H,9H2,(H3,23,24,25);1H. The highest BCUT2D eigenvalue weighted by Gasteiger charge is 2.32. The zero-order valence-corrected chi connectivity index (χ0v) is 15.8. The van der Waals surface area contributed by atoms with Gasteiger partial charge in [0.2, 0.25) is 0 Å². The lowest BCUT2D eigenvalue weighted by atomic mass is 10.1. The summed E-state index contributed by atoms with van der Waals surface area (Å²) in [5, 5.41) is 2.46. The zero-order valence-electron chi connectivity index (χ0n) is 13.4. The van der Waals surface area contributed by atoms with E-state index in [-0.39, 0.29) is 42.2 Å². The third-order valence-electron chi connectivity index (χ3n) is 3.09. The number of guanidine groups is 1. The molecule has 0 spiro atoms. The van der Waals surface area contributed by atoms with Crippen LogP contribution in [0.5, 0.6) is 5.75 Å². The van der Waals surface area contributed by atoms with Gasteiger partial charge in [-0.15, -0.1) is 37.1 Å². The Kier molecular flexibility index (Phi) is 7.75. The minimum Gasteiger partial charge on any atom is -0.404 e. The number of benzene rings is 2. The van der Waals surface area contributed by atoms with Crippen molar-refractivity contribution in [3.63, 3.8) is 0 Å². The van der Waals surface area contributed by atoms with E-state index in [9.17, 15) is 26.3 Å². The fraction of sp³-hybridized carbons (Fsp3) is 0.188. The van der Waals surface area contributed by atoms with Crippen LogP contribution < -0.4 is 15.8 Å². The molecule has 148 valence electrons. The molecule has 4 nitrogen and oxygen atoms in total. The van der Waals surface area contributed by atoms with Crippen LogP contribution in [0, 0.1) is 0 Å². The maximum absolute atomic E-state index is 12.5. The molecular weight excluding hydrogens is 491 g/mol. The summed E-state index contributed by atoms with van der Waals surface area (Å²) < 4.78 is 78.4. The molecule has 0 unspecified atom stereocenters. The first kappa shape index (κ1) is 22.9. The van der Waals surface area contributed by atoms with Gasteiger partial charge in [-0.3, -0.25) is 0 Å². The summed E-state index contributed by atoms with van der Waals surface area (Å²) >= 11 is 0. The van der Waals surface area contributed by atoms with Crippen LogP contribution >= 0.6 is 24.0 Å². The van der Waals surface area contributed by atoms with Crippen LogP contribution in [0.1, 0.15) is 11.1 Å². The number of rotatable bonds is 4. The molecule has 0 aromatic heterocycles. The molecule has 0 aliphatic heterocycles. The lowest BCUT2D eigenvalue weighted by molar-refractivity contribution is -0.274. The number of hydrogen-bond donors (Lipinski definition) is 2. The van der Waals surface area contributed by atoms with Crippen molar-refractivity contribution < 1.29 is 31.1 Å². The Balaban J connectivity index is 0.00000364. The predicted molar refractivity (Wildman–Crippen MR) is 98.9 cm³/mol. The molecule has 0 saturated carbocycles. The molecule has 0 fully saturated rings. The molecule has 2 aromatic carbocycles. The Labute approximate surface area is 167 Å². The monoisotopic (exact) mass is 505 g/mol. The van der Waals surface area contributed by atoms with E-state index in [1.807, 2.05) is 0 Å². The highest BCUT2D eigenvalue weighted by molar-refractivity contribution is 14.0. The number of anilines is 1. The van der Waals surface area contributed by atoms with Gasteiger partial charge in [-0.25, -0.2) is 4.99 Å². The van der Waals surface area contributed by atoms with Gasteiger partial charge in [0.05, 0.1) is 17.8 Å². The smallest absolute Gasteiger partial charge is 0.404 e. The zero-order chi connectivity index (χ0) is 19.4. The van der Waals surface area contributed by atoms with Crippen LogP contribution in [-0.4, -0.2) is 12.3 Å². The average molecular weight is 505 g/mol. The topological polar surface area (TPSA) is 59.6 Å². The van der Waals surface area contributed by atoms with E-state index in [0.29, 0.717) is 5.56 Å². The molecule has 0 saturated heterocycles. The Hall–Kier alpha value is -2.18. The summed E-state index contributed by atoms with van der Waals surface area (Å²) in [5.74, 6) is -0.712. The highest BCUT2D eigenvalue weighted by Crippen LogP contribution is 2.30. The van der Waals surface area contributed by atoms with Crippen molar-refractivity contribution in [3.8, 4) is 5.75 Å². The molecule has 27 heavy (non-hydrogen) atoms. The first-order valence-corrected chi connectivity index (χ1v) is 7.12. The van der Waals surface area contributed by atoms with Crippen molar-refractivity contribution >= 4 is 35.6 Å². The summed E-state index contributed by atoms with van der Waals surface area (Å²) in [6, 6.07) is 9.50. The van der Waals surface area contributed by atoms with E-state index in [4.69, 9.17) is 5.73 Å². The fourth-order valence-corrected chi connectivity index (χ4v) is 1.94. The molecule has 0 atom stereocenters. The number of nitrogens with two attached hydrogens (primary N) is 1. The number of nitrogens with zero attached hydrogens (tertiary/aromatic N) is 1. The molecule has 0 amide bonds. The van der Waals surface area contributed by atoms with Gasteiger partial charge in [0.1, 0.15) is 0 Å². The number of nitrogens with one attached hydrogen (secondary N) is 1. The van der Waals surface area contributed by atoms with Crippen LogP contribution in [0.15, 0.2) is 53.5 Å². The number of ether oxygens (including phenoxy) is 1. The fourth-order valence-electron chi connectivity index (χ4n) is 1.94. The van der Waals surface area contributed by atoms with Gasteiger partial charge in [-0.05, 0) is 29.8 Å². The second-order valence-electron chi connectivity index (χ2n) is 5.07. The van der Waals surface area contributed by atoms with E-state index >= 15 is 0 Å². The minimum atomic E-state index is -4.87. The van der Waals surface area contributed by atoms with Crippen molar-refractivity contribution in [1.29, 1.82) is 0 Å². The van der Waals surface area contributed by atoms with Crippen LogP contribution in [0.3, 0.4) is 0 Å². The SMILES string of the molecule is I.NC(=NCc1ccc(C(F)(F)F)cc1)Nc1ccccc1OC(F)(F)F. The van der Waals surface area contributed by atoms with Gasteiger partial charge >= 0.3 is 12.5 Å². The number of aliphatic imine (C=N–C) groups is 1.